The number of hydrogen-bond donors (Lipinski definition) is 1. The summed E-state index contributed by atoms with van der Waals surface area (Å²) in [5.41, 5.74) is 7.60. The molecule has 0 unspecified atom stereocenters. The van der Waals surface area contributed by atoms with E-state index in [4.69, 9.17) is 5.73 Å². The lowest BCUT2D eigenvalue weighted by atomic mass is 10.1. The van der Waals surface area contributed by atoms with Gasteiger partial charge in [0.2, 0.25) is 5.91 Å². The predicted octanol–water partition coefficient (Wildman–Crippen LogP) is 2.63. The lowest BCUT2D eigenvalue weighted by Gasteiger charge is -2.02. The number of rotatable bonds is 4. The number of aromatic nitrogens is 1. The maximum Gasteiger partial charge on any atom is 0.234 e. The number of nitrogens with two attached hydrogens (primary N) is 1. The Hall–Kier alpha value is -1.39. The standard InChI is InChI=1S/C14H15BrN2O/c15-13-3-1-11(2-4-13)9-14(18)17-8-6-12(10-17)5-7-16/h1-4,6,8,10H,5,7,9,16H2. The number of halogens is 1. The molecule has 0 aliphatic carbocycles. The molecule has 0 saturated heterocycles. The van der Waals surface area contributed by atoms with Crippen LogP contribution < -0.4 is 5.73 Å². The highest BCUT2D eigenvalue weighted by atomic mass is 79.9. The summed E-state index contributed by atoms with van der Waals surface area (Å²) in [5, 5.41) is 0. The van der Waals surface area contributed by atoms with E-state index in [-0.39, 0.29) is 5.91 Å². The molecule has 1 heterocycles. The molecule has 4 heteroatoms. The van der Waals surface area contributed by atoms with Gasteiger partial charge in [0.25, 0.3) is 0 Å². The Balaban J connectivity index is 2.04. The Morgan fingerprint density at radius 3 is 2.56 bits per heavy atom. The highest BCUT2D eigenvalue weighted by Crippen LogP contribution is 2.12. The molecular formula is C14H15BrN2O. The summed E-state index contributed by atoms with van der Waals surface area (Å²) in [6.45, 7) is 0.602. The van der Waals surface area contributed by atoms with Gasteiger partial charge in [-0.2, -0.15) is 0 Å². The van der Waals surface area contributed by atoms with Crippen LogP contribution in [0.25, 0.3) is 0 Å². The van der Waals surface area contributed by atoms with Crippen molar-refractivity contribution in [3.05, 3.63) is 58.3 Å². The molecular weight excluding hydrogens is 292 g/mol. The van der Waals surface area contributed by atoms with Crippen LogP contribution in [-0.2, 0) is 12.8 Å². The molecule has 0 radical (unpaired) electrons. The van der Waals surface area contributed by atoms with E-state index < -0.39 is 0 Å². The topological polar surface area (TPSA) is 48.0 Å². The second-order valence-electron chi connectivity index (χ2n) is 4.16. The zero-order chi connectivity index (χ0) is 13.0. The van der Waals surface area contributed by atoms with Gasteiger partial charge in [-0.05, 0) is 42.3 Å². The van der Waals surface area contributed by atoms with E-state index in [0.29, 0.717) is 13.0 Å². The molecule has 0 amide bonds. The van der Waals surface area contributed by atoms with E-state index in [1.807, 2.05) is 36.5 Å². The minimum Gasteiger partial charge on any atom is -0.330 e. The molecule has 2 rings (SSSR count). The van der Waals surface area contributed by atoms with Crippen LogP contribution in [0, 0.1) is 0 Å². The highest BCUT2D eigenvalue weighted by molar-refractivity contribution is 9.10. The van der Waals surface area contributed by atoms with Gasteiger partial charge < -0.3 is 5.73 Å². The number of hydrogen-bond acceptors (Lipinski definition) is 2. The molecule has 1 aromatic carbocycles. The van der Waals surface area contributed by atoms with E-state index in [2.05, 4.69) is 15.9 Å². The third kappa shape index (κ3) is 3.31. The smallest absolute Gasteiger partial charge is 0.234 e. The molecule has 3 nitrogen and oxygen atoms in total. The molecule has 2 aromatic rings. The van der Waals surface area contributed by atoms with Crippen LogP contribution in [0.5, 0.6) is 0 Å². The largest absolute Gasteiger partial charge is 0.330 e. The van der Waals surface area contributed by atoms with Gasteiger partial charge >= 0.3 is 0 Å². The number of nitrogens with zero attached hydrogens (tertiary/aromatic N) is 1. The average molecular weight is 307 g/mol. The molecule has 0 aliphatic rings. The van der Waals surface area contributed by atoms with Gasteiger partial charge in [0.05, 0.1) is 6.42 Å². The molecule has 1 aromatic heterocycles. The van der Waals surface area contributed by atoms with Crippen LogP contribution in [0.4, 0.5) is 0 Å². The van der Waals surface area contributed by atoms with Crippen molar-refractivity contribution in [2.45, 2.75) is 12.8 Å². The third-order valence-electron chi connectivity index (χ3n) is 2.74. The Labute approximate surface area is 115 Å². The van der Waals surface area contributed by atoms with Gasteiger partial charge in [0.15, 0.2) is 0 Å². The van der Waals surface area contributed by atoms with Gasteiger partial charge in [0, 0.05) is 16.9 Å². The monoisotopic (exact) mass is 306 g/mol. The quantitative estimate of drug-likeness (QED) is 0.944. The van der Waals surface area contributed by atoms with Crippen LogP contribution >= 0.6 is 15.9 Å². The van der Waals surface area contributed by atoms with Gasteiger partial charge in [0.1, 0.15) is 0 Å². The predicted molar refractivity (Wildman–Crippen MR) is 75.7 cm³/mol. The van der Waals surface area contributed by atoms with Gasteiger partial charge in [-0.3, -0.25) is 9.36 Å². The summed E-state index contributed by atoms with van der Waals surface area (Å²) < 4.78 is 2.65. The van der Waals surface area contributed by atoms with Crippen LogP contribution in [0.3, 0.4) is 0 Å². The van der Waals surface area contributed by atoms with E-state index in [1.54, 1.807) is 10.8 Å². The molecule has 0 aliphatic heterocycles. The molecule has 2 N–H and O–H groups in total. The Kier molecular flexibility index (Phi) is 4.33. The summed E-state index contributed by atoms with van der Waals surface area (Å²) in [6, 6.07) is 9.72. The number of benzene rings is 1. The maximum absolute atomic E-state index is 12.0. The molecule has 0 bridgehead atoms. The average Bonchev–Trinajstić information content (AvgIpc) is 2.81. The summed E-state index contributed by atoms with van der Waals surface area (Å²) in [4.78, 5) is 12.0. The first-order chi connectivity index (χ1) is 8.69. The van der Waals surface area contributed by atoms with Crippen LogP contribution in [0.2, 0.25) is 0 Å². The zero-order valence-corrected chi connectivity index (χ0v) is 11.6. The number of carbonyl (C=O) groups is 1. The Morgan fingerprint density at radius 1 is 1.17 bits per heavy atom. The van der Waals surface area contributed by atoms with Gasteiger partial charge in [-0.1, -0.05) is 28.1 Å². The van der Waals surface area contributed by atoms with Crippen molar-refractivity contribution >= 4 is 21.8 Å². The zero-order valence-electron chi connectivity index (χ0n) is 9.97. The highest BCUT2D eigenvalue weighted by Gasteiger charge is 2.06. The summed E-state index contributed by atoms with van der Waals surface area (Å²) in [7, 11) is 0. The molecule has 0 saturated carbocycles. The van der Waals surface area contributed by atoms with Crippen molar-refractivity contribution in [2.75, 3.05) is 6.54 Å². The fourth-order valence-corrected chi connectivity index (χ4v) is 2.04. The fourth-order valence-electron chi connectivity index (χ4n) is 1.78. The lowest BCUT2D eigenvalue weighted by molar-refractivity contribution is 0.0914. The van der Waals surface area contributed by atoms with Crippen molar-refractivity contribution in [1.82, 2.24) is 4.57 Å². The lowest BCUT2D eigenvalue weighted by Crippen LogP contribution is -2.11. The molecule has 0 spiro atoms. The van der Waals surface area contributed by atoms with Crippen molar-refractivity contribution in [3.8, 4) is 0 Å². The maximum atomic E-state index is 12.0. The summed E-state index contributed by atoms with van der Waals surface area (Å²) >= 11 is 3.38. The molecule has 0 fully saturated rings. The third-order valence-corrected chi connectivity index (χ3v) is 3.27. The second kappa shape index (κ2) is 5.98. The van der Waals surface area contributed by atoms with Gasteiger partial charge in [-0.25, -0.2) is 0 Å². The summed E-state index contributed by atoms with van der Waals surface area (Å²) in [6.07, 6.45) is 4.86. The Morgan fingerprint density at radius 2 is 1.89 bits per heavy atom. The second-order valence-corrected chi connectivity index (χ2v) is 5.08. The van der Waals surface area contributed by atoms with Crippen molar-refractivity contribution in [3.63, 3.8) is 0 Å². The normalized spacial score (nSPS) is 10.6. The first-order valence-corrected chi connectivity index (χ1v) is 6.63. The van der Waals surface area contributed by atoms with E-state index in [0.717, 1.165) is 22.0 Å². The van der Waals surface area contributed by atoms with Crippen molar-refractivity contribution < 1.29 is 4.79 Å². The molecule has 0 atom stereocenters. The fraction of sp³-hybridized carbons (Fsp3) is 0.214. The Bertz CT molecular complexity index is 531. The SMILES string of the molecule is NCCc1ccn(C(=O)Cc2ccc(Br)cc2)c1. The molecule has 18 heavy (non-hydrogen) atoms. The van der Waals surface area contributed by atoms with E-state index >= 15 is 0 Å². The minimum absolute atomic E-state index is 0.0700. The first kappa shape index (κ1) is 13.1. The van der Waals surface area contributed by atoms with Crippen LogP contribution in [0.15, 0.2) is 47.2 Å². The van der Waals surface area contributed by atoms with E-state index in [9.17, 15) is 4.79 Å². The van der Waals surface area contributed by atoms with Crippen LogP contribution in [0.1, 0.15) is 15.9 Å². The van der Waals surface area contributed by atoms with Crippen molar-refractivity contribution in [2.24, 2.45) is 5.73 Å². The molecule has 94 valence electrons. The minimum atomic E-state index is 0.0700. The van der Waals surface area contributed by atoms with E-state index in [1.165, 1.54) is 0 Å². The summed E-state index contributed by atoms with van der Waals surface area (Å²) in [5.74, 6) is 0.0700. The van der Waals surface area contributed by atoms with Gasteiger partial charge in [-0.15, -0.1) is 0 Å². The number of carbonyl (C=O) groups excluding carboxylic acids is 1. The van der Waals surface area contributed by atoms with Crippen LogP contribution in [-0.4, -0.2) is 17.0 Å². The van der Waals surface area contributed by atoms with Crippen molar-refractivity contribution in [1.29, 1.82) is 0 Å². The first-order valence-electron chi connectivity index (χ1n) is 5.83.